The van der Waals surface area contributed by atoms with Gasteiger partial charge in [-0.05, 0) is 6.07 Å². The van der Waals surface area contributed by atoms with Crippen molar-refractivity contribution in [3.8, 4) is 11.8 Å². The van der Waals surface area contributed by atoms with Crippen molar-refractivity contribution in [2.75, 3.05) is 0 Å². The van der Waals surface area contributed by atoms with Gasteiger partial charge in [0.25, 0.3) is 5.69 Å². The lowest BCUT2D eigenvalue weighted by molar-refractivity contribution is -0.385. The number of benzene rings is 1. The summed E-state index contributed by atoms with van der Waals surface area (Å²) in [4.78, 5) is 30.9. The Balaban J connectivity index is 3.40. The first-order valence-electron chi connectivity index (χ1n) is 4.51. The maximum atomic E-state index is 10.9. The Kier molecular flexibility index (Phi) is 3.95. The summed E-state index contributed by atoms with van der Waals surface area (Å²) >= 11 is 0. The molecule has 0 heterocycles. The zero-order valence-corrected chi connectivity index (χ0v) is 8.54. The topological polar surface area (TPSA) is 97.5 Å². The summed E-state index contributed by atoms with van der Waals surface area (Å²) in [7, 11) is 0. The van der Waals surface area contributed by atoms with Crippen LogP contribution in [0.15, 0.2) is 18.2 Å². The molecule has 1 rings (SSSR count). The van der Waals surface area contributed by atoms with Crippen molar-refractivity contribution in [1.29, 1.82) is 0 Å². The van der Waals surface area contributed by atoms with Crippen molar-refractivity contribution in [1.82, 2.24) is 0 Å². The molecule has 1 aromatic rings. The molecule has 0 aliphatic rings. The molecule has 6 nitrogen and oxygen atoms in total. The third kappa shape index (κ3) is 2.89. The Hall–Kier alpha value is -2.68. The molecule has 1 N–H and O–H groups in total. The number of nitro benzene ring substituents is 1. The van der Waals surface area contributed by atoms with Gasteiger partial charge in [0.2, 0.25) is 0 Å². The SMILES string of the molecule is O=CCC#Cc1c(C(=O)O)cccc1[N+](=O)[O-]. The Labute approximate surface area is 96.0 Å². The Morgan fingerprint density at radius 2 is 2.24 bits per heavy atom. The van der Waals surface area contributed by atoms with Gasteiger partial charge in [0.15, 0.2) is 0 Å². The third-order valence-electron chi connectivity index (χ3n) is 1.87. The number of aromatic carboxylic acids is 1. The van der Waals surface area contributed by atoms with E-state index < -0.39 is 10.9 Å². The van der Waals surface area contributed by atoms with Crippen molar-refractivity contribution < 1.29 is 19.6 Å². The van der Waals surface area contributed by atoms with Crippen LogP contribution in [0, 0.1) is 22.0 Å². The van der Waals surface area contributed by atoms with Gasteiger partial charge in [-0.1, -0.05) is 17.9 Å². The predicted molar refractivity (Wildman–Crippen MR) is 57.6 cm³/mol. The standard InChI is InChI=1S/C11H7NO5/c13-7-2-1-4-8-9(11(14)15)5-3-6-10(8)12(16)17/h3,5-7H,2H2,(H,14,15). The highest BCUT2D eigenvalue weighted by Gasteiger charge is 2.19. The van der Waals surface area contributed by atoms with E-state index in [1.165, 1.54) is 12.1 Å². The quantitative estimate of drug-likeness (QED) is 0.366. The van der Waals surface area contributed by atoms with E-state index in [1.807, 2.05) is 0 Å². The Morgan fingerprint density at radius 3 is 2.76 bits per heavy atom. The maximum absolute atomic E-state index is 10.9. The van der Waals surface area contributed by atoms with E-state index in [2.05, 4.69) is 11.8 Å². The van der Waals surface area contributed by atoms with Crippen molar-refractivity contribution >= 4 is 17.9 Å². The molecule has 1 aromatic carbocycles. The molecule has 0 atom stereocenters. The Bertz CT molecular complexity index is 506. The number of carbonyl (C=O) groups excluding carboxylic acids is 1. The van der Waals surface area contributed by atoms with E-state index in [9.17, 15) is 19.7 Å². The normalized spacial score (nSPS) is 8.94. The number of aldehydes is 1. The van der Waals surface area contributed by atoms with Gasteiger partial charge < -0.3 is 9.90 Å². The molecule has 0 radical (unpaired) electrons. The predicted octanol–water partition coefficient (Wildman–Crippen LogP) is 1.23. The summed E-state index contributed by atoms with van der Waals surface area (Å²) in [5, 5.41) is 19.6. The van der Waals surface area contributed by atoms with E-state index in [4.69, 9.17) is 5.11 Å². The molecule has 0 aliphatic carbocycles. The number of carboxylic acids is 1. The largest absolute Gasteiger partial charge is 0.478 e. The molecule has 0 aliphatic heterocycles. The lowest BCUT2D eigenvalue weighted by atomic mass is 10.1. The van der Waals surface area contributed by atoms with E-state index in [0.717, 1.165) is 6.07 Å². The fourth-order valence-corrected chi connectivity index (χ4v) is 1.18. The summed E-state index contributed by atoms with van der Waals surface area (Å²) in [5.41, 5.74) is -0.826. The summed E-state index contributed by atoms with van der Waals surface area (Å²) in [5.74, 6) is 3.40. The van der Waals surface area contributed by atoms with Crippen molar-refractivity contribution in [2.45, 2.75) is 6.42 Å². The molecular weight excluding hydrogens is 226 g/mol. The van der Waals surface area contributed by atoms with E-state index >= 15 is 0 Å². The smallest absolute Gasteiger partial charge is 0.337 e. The minimum Gasteiger partial charge on any atom is -0.478 e. The first-order chi connectivity index (χ1) is 8.07. The molecule has 0 saturated carbocycles. The first-order valence-corrected chi connectivity index (χ1v) is 4.51. The lowest BCUT2D eigenvalue weighted by Gasteiger charge is -1.99. The number of nitro groups is 1. The molecule has 0 aromatic heterocycles. The molecule has 0 bridgehead atoms. The van der Waals surface area contributed by atoms with Crippen LogP contribution >= 0.6 is 0 Å². The average Bonchev–Trinajstić information content (AvgIpc) is 2.28. The van der Waals surface area contributed by atoms with Gasteiger partial charge in [-0.15, -0.1) is 0 Å². The van der Waals surface area contributed by atoms with Crippen molar-refractivity contribution in [3.63, 3.8) is 0 Å². The van der Waals surface area contributed by atoms with Gasteiger partial charge in [-0.2, -0.15) is 0 Å². The minimum atomic E-state index is -1.30. The second-order valence-electron chi connectivity index (χ2n) is 2.93. The second-order valence-corrected chi connectivity index (χ2v) is 2.93. The zero-order chi connectivity index (χ0) is 12.8. The van der Waals surface area contributed by atoms with Crippen LogP contribution in [0.2, 0.25) is 0 Å². The summed E-state index contributed by atoms with van der Waals surface area (Å²) in [6.07, 6.45) is 0.424. The van der Waals surface area contributed by atoms with Crippen LogP contribution in [-0.4, -0.2) is 22.3 Å². The zero-order valence-electron chi connectivity index (χ0n) is 8.54. The monoisotopic (exact) mass is 233 g/mol. The molecule has 0 unspecified atom stereocenters. The molecule has 6 heteroatoms. The first kappa shape index (κ1) is 12.4. The van der Waals surface area contributed by atoms with Crippen LogP contribution in [0.3, 0.4) is 0 Å². The molecule has 0 fully saturated rings. The van der Waals surface area contributed by atoms with Crippen LogP contribution in [0.25, 0.3) is 0 Å². The van der Waals surface area contributed by atoms with E-state index in [0.29, 0.717) is 6.29 Å². The molecule has 0 amide bonds. The number of rotatable bonds is 3. The van der Waals surface area contributed by atoms with Crippen LogP contribution in [0.4, 0.5) is 5.69 Å². The molecular formula is C11H7NO5. The lowest BCUT2D eigenvalue weighted by Crippen LogP contribution is -2.03. The van der Waals surface area contributed by atoms with E-state index in [-0.39, 0.29) is 23.2 Å². The minimum absolute atomic E-state index is 0.106. The molecule has 17 heavy (non-hydrogen) atoms. The van der Waals surface area contributed by atoms with Crippen molar-refractivity contribution in [2.24, 2.45) is 0 Å². The second kappa shape index (κ2) is 5.42. The van der Waals surface area contributed by atoms with Gasteiger partial charge in [-0.3, -0.25) is 10.1 Å². The number of hydrogen-bond donors (Lipinski definition) is 1. The van der Waals surface area contributed by atoms with Gasteiger partial charge in [-0.25, -0.2) is 4.79 Å². The third-order valence-corrected chi connectivity index (χ3v) is 1.87. The Morgan fingerprint density at radius 1 is 1.53 bits per heavy atom. The van der Waals surface area contributed by atoms with Gasteiger partial charge in [0.1, 0.15) is 11.8 Å². The van der Waals surface area contributed by atoms with Crippen molar-refractivity contribution in [3.05, 3.63) is 39.4 Å². The van der Waals surface area contributed by atoms with Crippen LogP contribution in [-0.2, 0) is 4.79 Å². The van der Waals surface area contributed by atoms with Crippen LogP contribution in [0.1, 0.15) is 22.3 Å². The van der Waals surface area contributed by atoms with Gasteiger partial charge in [0.05, 0.1) is 16.9 Å². The molecule has 86 valence electrons. The molecule has 0 spiro atoms. The van der Waals surface area contributed by atoms with Crippen LogP contribution < -0.4 is 0 Å². The molecule has 0 saturated heterocycles. The average molecular weight is 233 g/mol. The highest BCUT2D eigenvalue weighted by atomic mass is 16.6. The number of carbonyl (C=O) groups is 2. The highest BCUT2D eigenvalue weighted by Crippen LogP contribution is 2.21. The maximum Gasteiger partial charge on any atom is 0.337 e. The summed E-state index contributed by atoms with van der Waals surface area (Å²) in [6, 6.07) is 3.66. The van der Waals surface area contributed by atoms with Crippen LogP contribution in [0.5, 0.6) is 0 Å². The fraction of sp³-hybridized carbons (Fsp3) is 0.0909. The summed E-state index contributed by atoms with van der Waals surface area (Å²) in [6.45, 7) is 0. The fourth-order valence-electron chi connectivity index (χ4n) is 1.18. The summed E-state index contributed by atoms with van der Waals surface area (Å²) < 4.78 is 0. The number of carboxylic acid groups (broad SMARTS) is 1. The highest BCUT2D eigenvalue weighted by molar-refractivity contribution is 5.92. The van der Waals surface area contributed by atoms with E-state index in [1.54, 1.807) is 0 Å². The van der Waals surface area contributed by atoms with Gasteiger partial charge >= 0.3 is 5.97 Å². The number of hydrogen-bond acceptors (Lipinski definition) is 4. The van der Waals surface area contributed by atoms with Gasteiger partial charge in [0, 0.05) is 6.07 Å². The number of nitrogens with zero attached hydrogens (tertiary/aromatic N) is 1.